The maximum absolute atomic E-state index is 9.73. The van der Waals surface area contributed by atoms with Crippen LogP contribution in [0.15, 0.2) is 72.4 Å². The standard InChI is InChI=1S/C19H19ClN2.C10H15NO/c20-16-5-6-17-15(12-16)4-3-14-2-1-9-22-19(14)18(17)13-7-10-21-11-8-13;1-8(11-2)10(12)9-6-4-3-5-7-9/h1-2,5-6,9,12,21H,3-4,7-8,10-11H2;3-8,10-12H,1-2H3. The number of aryl methyl sites for hydroxylation is 2. The molecule has 178 valence electrons. The summed E-state index contributed by atoms with van der Waals surface area (Å²) in [4.78, 5) is 4.75. The maximum Gasteiger partial charge on any atom is 0.0940 e. The first kappa shape index (κ1) is 24.6. The van der Waals surface area contributed by atoms with E-state index >= 15 is 0 Å². The third kappa shape index (κ3) is 5.76. The molecule has 5 rings (SSSR count). The number of aromatic nitrogens is 1. The lowest BCUT2D eigenvalue weighted by Crippen LogP contribution is -2.28. The summed E-state index contributed by atoms with van der Waals surface area (Å²) in [6.45, 7) is 4.07. The smallest absolute Gasteiger partial charge is 0.0940 e. The Balaban J connectivity index is 0.000000195. The van der Waals surface area contributed by atoms with Crippen molar-refractivity contribution >= 4 is 17.2 Å². The van der Waals surface area contributed by atoms with E-state index in [0.717, 1.165) is 49.4 Å². The van der Waals surface area contributed by atoms with Crippen LogP contribution in [0.1, 0.15) is 53.8 Å². The Bertz CT molecular complexity index is 1120. The van der Waals surface area contributed by atoms with E-state index in [1.807, 2.05) is 62.6 Å². The number of hydrogen-bond donors (Lipinski definition) is 3. The fraction of sp³-hybridized carbons (Fsp3) is 0.345. The van der Waals surface area contributed by atoms with Crippen molar-refractivity contribution in [1.29, 1.82) is 0 Å². The van der Waals surface area contributed by atoms with Gasteiger partial charge in [-0.15, -0.1) is 0 Å². The predicted octanol–water partition coefficient (Wildman–Crippen LogP) is 5.35. The molecule has 34 heavy (non-hydrogen) atoms. The van der Waals surface area contributed by atoms with Crippen LogP contribution < -0.4 is 10.6 Å². The Hall–Kier alpha value is -2.50. The molecule has 1 aliphatic carbocycles. The number of nitrogens with one attached hydrogen (secondary N) is 2. The summed E-state index contributed by atoms with van der Waals surface area (Å²) < 4.78 is 0. The SMILES string of the molecule is CNC(C)C(O)c1ccccc1.Clc1ccc2c(c1)CCc1cccnc1C2=C1CCNCC1. The van der Waals surface area contributed by atoms with Crippen LogP contribution >= 0.6 is 11.6 Å². The van der Waals surface area contributed by atoms with Crippen LogP contribution in [0.3, 0.4) is 0 Å². The second kappa shape index (κ2) is 11.8. The van der Waals surface area contributed by atoms with E-state index < -0.39 is 6.10 Å². The van der Waals surface area contributed by atoms with E-state index in [9.17, 15) is 5.11 Å². The van der Waals surface area contributed by atoms with Crippen molar-refractivity contribution in [3.8, 4) is 0 Å². The zero-order valence-corrected chi connectivity index (χ0v) is 20.8. The molecule has 4 nitrogen and oxygen atoms in total. The summed E-state index contributed by atoms with van der Waals surface area (Å²) in [5, 5.41) is 17.0. The molecule has 0 amide bonds. The molecule has 0 saturated carbocycles. The van der Waals surface area contributed by atoms with Crippen molar-refractivity contribution in [2.75, 3.05) is 20.1 Å². The maximum atomic E-state index is 9.73. The number of nitrogens with zero attached hydrogens (tertiary/aromatic N) is 1. The molecule has 2 aromatic carbocycles. The number of fused-ring (bicyclic) bond motifs is 2. The summed E-state index contributed by atoms with van der Waals surface area (Å²) in [5.74, 6) is 0. The number of aliphatic hydroxyl groups excluding tert-OH is 1. The van der Waals surface area contributed by atoms with Gasteiger partial charge in [-0.2, -0.15) is 0 Å². The second-order valence-electron chi connectivity index (χ2n) is 8.97. The van der Waals surface area contributed by atoms with Crippen LogP contribution in [-0.4, -0.2) is 36.3 Å². The van der Waals surface area contributed by atoms with Crippen LogP contribution in [0, 0.1) is 0 Å². The minimum atomic E-state index is -0.420. The summed E-state index contributed by atoms with van der Waals surface area (Å²) in [7, 11) is 1.84. The van der Waals surface area contributed by atoms with Gasteiger partial charge in [0.15, 0.2) is 0 Å². The van der Waals surface area contributed by atoms with E-state index in [-0.39, 0.29) is 6.04 Å². The number of pyridine rings is 1. The quantitative estimate of drug-likeness (QED) is 0.478. The Morgan fingerprint density at radius 1 is 0.941 bits per heavy atom. The van der Waals surface area contributed by atoms with Crippen LogP contribution in [0.25, 0.3) is 5.57 Å². The van der Waals surface area contributed by atoms with E-state index in [1.54, 1.807) is 0 Å². The minimum Gasteiger partial charge on any atom is -0.387 e. The fourth-order valence-electron chi connectivity index (χ4n) is 4.71. The lowest BCUT2D eigenvalue weighted by Gasteiger charge is -2.21. The van der Waals surface area contributed by atoms with Gasteiger partial charge in [0.1, 0.15) is 0 Å². The lowest BCUT2D eigenvalue weighted by molar-refractivity contribution is 0.140. The monoisotopic (exact) mass is 475 g/mol. The average molecular weight is 476 g/mol. The summed E-state index contributed by atoms with van der Waals surface area (Å²) in [5.41, 5.74) is 9.08. The average Bonchev–Trinajstić information content (AvgIpc) is 3.05. The van der Waals surface area contributed by atoms with Gasteiger partial charge >= 0.3 is 0 Å². The fourth-order valence-corrected chi connectivity index (χ4v) is 4.90. The Kier molecular flexibility index (Phi) is 8.52. The van der Waals surface area contributed by atoms with Crippen molar-refractivity contribution in [3.05, 3.63) is 105 Å². The normalized spacial score (nSPS) is 16.9. The summed E-state index contributed by atoms with van der Waals surface area (Å²) in [6, 6.07) is 20.3. The van der Waals surface area contributed by atoms with E-state index in [4.69, 9.17) is 16.6 Å². The third-order valence-electron chi connectivity index (χ3n) is 6.76. The topological polar surface area (TPSA) is 57.2 Å². The van der Waals surface area contributed by atoms with Gasteiger partial charge < -0.3 is 15.7 Å². The van der Waals surface area contributed by atoms with Crippen molar-refractivity contribution in [2.45, 2.75) is 44.8 Å². The Morgan fingerprint density at radius 2 is 1.68 bits per heavy atom. The highest BCUT2D eigenvalue weighted by Gasteiger charge is 2.23. The molecule has 0 radical (unpaired) electrons. The van der Waals surface area contributed by atoms with Crippen LogP contribution in [0.5, 0.6) is 0 Å². The number of benzene rings is 2. The van der Waals surface area contributed by atoms with Crippen molar-refractivity contribution in [3.63, 3.8) is 0 Å². The summed E-state index contributed by atoms with van der Waals surface area (Å²) in [6.07, 6.45) is 5.77. The van der Waals surface area contributed by atoms with Crippen LogP contribution in [-0.2, 0) is 12.8 Å². The van der Waals surface area contributed by atoms with Crippen molar-refractivity contribution in [1.82, 2.24) is 15.6 Å². The number of likely N-dealkylation sites (N-methyl/N-ethyl adjacent to an activating group) is 1. The van der Waals surface area contributed by atoms with E-state index in [0.29, 0.717) is 0 Å². The van der Waals surface area contributed by atoms with Gasteiger partial charge in [-0.1, -0.05) is 59.6 Å². The van der Waals surface area contributed by atoms with Gasteiger partial charge in [-0.3, -0.25) is 4.98 Å². The molecule has 5 heteroatoms. The third-order valence-corrected chi connectivity index (χ3v) is 6.99. The van der Waals surface area contributed by atoms with Crippen molar-refractivity contribution < 1.29 is 5.11 Å². The molecular formula is C29H34ClN3O. The molecule has 1 aromatic heterocycles. The number of hydrogen-bond acceptors (Lipinski definition) is 4. The van der Waals surface area contributed by atoms with E-state index in [2.05, 4.69) is 28.8 Å². The Morgan fingerprint density at radius 3 is 2.41 bits per heavy atom. The molecular weight excluding hydrogens is 442 g/mol. The number of piperidine rings is 1. The first-order valence-corrected chi connectivity index (χ1v) is 12.5. The first-order valence-electron chi connectivity index (χ1n) is 12.1. The molecule has 2 heterocycles. The molecule has 0 bridgehead atoms. The van der Waals surface area contributed by atoms with Gasteiger partial charge in [0.05, 0.1) is 11.8 Å². The zero-order valence-electron chi connectivity index (χ0n) is 20.0. The van der Waals surface area contributed by atoms with Gasteiger partial charge in [0.2, 0.25) is 0 Å². The van der Waals surface area contributed by atoms with E-state index in [1.165, 1.54) is 33.5 Å². The predicted molar refractivity (Wildman–Crippen MR) is 141 cm³/mol. The Labute approximate surface area is 208 Å². The van der Waals surface area contributed by atoms with Crippen LogP contribution in [0.2, 0.25) is 5.02 Å². The molecule has 3 N–H and O–H groups in total. The number of halogens is 1. The second-order valence-corrected chi connectivity index (χ2v) is 9.41. The molecule has 2 aliphatic rings. The molecule has 1 aliphatic heterocycles. The van der Waals surface area contributed by atoms with Gasteiger partial charge in [-0.25, -0.2) is 0 Å². The molecule has 2 unspecified atom stereocenters. The first-order chi connectivity index (χ1) is 16.6. The summed E-state index contributed by atoms with van der Waals surface area (Å²) >= 11 is 6.23. The van der Waals surface area contributed by atoms with Gasteiger partial charge in [0, 0.05) is 22.8 Å². The highest BCUT2D eigenvalue weighted by atomic mass is 35.5. The number of rotatable bonds is 3. The highest BCUT2D eigenvalue weighted by Crippen LogP contribution is 2.37. The molecule has 1 saturated heterocycles. The molecule has 2 atom stereocenters. The van der Waals surface area contributed by atoms with Crippen LogP contribution in [0.4, 0.5) is 0 Å². The number of aliphatic hydroxyl groups is 1. The van der Waals surface area contributed by atoms with Gasteiger partial charge in [-0.05, 0) is 93.2 Å². The highest BCUT2D eigenvalue weighted by molar-refractivity contribution is 6.30. The largest absolute Gasteiger partial charge is 0.387 e. The lowest BCUT2D eigenvalue weighted by atomic mass is 9.89. The molecule has 1 fully saturated rings. The molecule has 3 aromatic rings. The molecule has 0 spiro atoms. The zero-order chi connectivity index (χ0) is 23.9. The minimum absolute atomic E-state index is 0.0902. The van der Waals surface area contributed by atoms with Gasteiger partial charge in [0.25, 0.3) is 0 Å². The van der Waals surface area contributed by atoms with Crippen molar-refractivity contribution in [2.24, 2.45) is 0 Å².